The van der Waals surface area contributed by atoms with Crippen molar-refractivity contribution in [2.75, 3.05) is 48.7 Å². The van der Waals surface area contributed by atoms with Crippen molar-refractivity contribution in [3.05, 3.63) is 82.3 Å². The molecule has 17 heteroatoms. The molecule has 2 saturated heterocycles. The second kappa shape index (κ2) is 16.0. The van der Waals surface area contributed by atoms with Gasteiger partial charge in [-0.3, -0.25) is 34.3 Å². The molecule has 0 radical (unpaired) electrons. The largest absolute Gasteiger partial charge is 0.394 e. The van der Waals surface area contributed by atoms with Crippen LogP contribution in [0.15, 0.2) is 48.7 Å². The van der Waals surface area contributed by atoms with Crippen LogP contribution in [0.3, 0.4) is 0 Å². The highest BCUT2D eigenvalue weighted by molar-refractivity contribution is 6.23. The number of benzene rings is 2. The Morgan fingerprint density at radius 3 is 2.46 bits per heavy atom. The van der Waals surface area contributed by atoms with Crippen molar-refractivity contribution in [2.24, 2.45) is 0 Å². The maximum absolute atomic E-state index is 15.8. The number of nitrogens with one attached hydrogen (secondary N) is 4. The third-order valence-electron chi connectivity index (χ3n) is 10.5. The number of fused-ring (bicyclic) bond motifs is 2. The number of urea groups is 1. The Hall–Kier alpha value is -5.94. The first-order valence-corrected chi connectivity index (χ1v) is 18.9. The minimum absolute atomic E-state index is 0.00935. The smallest absolute Gasteiger partial charge is 0.321 e. The minimum Gasteiger partial charge on any atom is -0.394 e. The summed E-state index contributed by atoms with van der Waals surface area (Å²) in [6, 6.07) is 10.7. The summed E-state index contributed by atoms with van der Waals surface area (Å²) in [6.45, 7) is 8.50. The normalized spacial score (nSPS) is 18.1. The second-order valence-corrected chi connectivity index (χ2v) is 14.6. The summed E-state index contributed by atoms with van der Waals surface area (Å²) in [6.07, 6.45) is 2.53. The number of aromatic nitrogens is 3. The van der Waals surface area contributed by atoms with Gasteiger partial charge in [-0.15, -0.1) is 0 Å². The van der Waals surface area contributed by atoms with Gasteiger partial charge in [-0.2, -0.15) is 9.61 Å². The number of carbonyl (C=O) groups excluding carboxylic acids is 5. The van der Waals surface area contributed by atoms with E-state index in [9.17, 15) is 29.1 Å². The van der Waals surface area contributed by atoms with Gasteiger partial charge in [0.2, 0.25) is 11.8 Å². The number of anilines is 3. The van der Waals surface area contributed by atoms with Crippen molar-refractivity contribution in [1.82, 2.24) is 34.6 Å². The highest BCUT2D eigenvalue weighted by Crippen LogP contribution is 2.32. The van der Waals surface area contributed by atoms with Crippen LogP contribution in [0.1, 0.15) is 83.4 Å². The number of piperazine rings is 1. The number of halogens is 1. The molecule has 6 amide bonds. The van der Waals surface area contributed by atoms with E-state index in [0.717, 1.165) is 33.9 Å². The summed E-state index contributed by atoms with van der Waals surface area (Å²) >= 11 is 0. The van der Waals surface area contributed by atoms with E-state index >= 15 is 4.39 Å². The predicted octanol–water partition coefficient (Wildman–Crippen LogP) is 3.54. The number of piperidine rings is 1. The summed E-state index contributed by atoms with van der Waals surface area (Å²) in [5, 5.41) is 26.2. The maximum atomic E-state index is 15.8. The number of aliphatic hydroxyl groups excluding tert-OH is 1. The summed E-state index contributed by atoms with van der Waals surface area (Å²) in [5.41, 5.74) is 3.11. The van der Waals surface area contributed by atoms with Crippen molar-refractivity contribution in [3.63, 3.8) is 0 Å². The van der Waals surface area contributed by atoms with Gasteiger partial charge < -0.3 is 26.0 Å². The Bertz CT molecular complexity index is 2180. The lowest BCUT2D eigenvalue weighted by Gasteiger charge is -2.34. The van der Waals surface area contributed by atoms with Crippen LogP contribution in [0.25, 0.3) is 5.65 Å². The molecule has 5 heterocycles. The van der Waals surface area contributed by atoms with Gasteiger partial charge in [-0.05, 0) is 42.5 Å². The van der Waals surface area contributed by atoms with Gasteiger partial charge in [0, 0.05) is 68.6 Å². The van der Waals surface area contributed by atoms with Gasteiger partial charge in [-0.25, -0.2) is 14.2 Å². The number of hydrogen-bond acceptors (Lipinski definition) is 11. The van der Waals surface area contributed by atoms with Crippen LogP contribution in [-0.2, 0) is 22.7 Å². The summed E-state index contributed by atoms with van der Waals surface area (Å²) in [7, 11) is 0. The van der Waals surface area contributed by atoms with Crippen molar-refractivity contribution in [1.29, 1.82) is 0 Å². The number of hydrogen-bond donors (Lipinski definition) is 5. The standard InChI is InChI=1S/C39H45FN10O6/c1-4-25(21-51)43-30-17-31(50-35(45-30)28(19-42-50)22(2)3)41-18-23-5-8-26(9-6-23)44-39(56)48-15-13-47(14-16-48)20-24-7-10-27-33(34(24)40)38(55)49(37(27)54)29-11-12-32(52)46-36(29)53/h5-10,17,19,22,25,29,41,51H,4,11-16,18,20-21H2,1-3H3,(H,43,45)(H,44,56)(H,46,52,53). The third kappa shape index (κ3) is 7.64. The number of rotatable bonds is 12. The molecule has 7 rings (SSSR count). The van der Waals surface area contributed by atoms with E-state index < -0.39 is 35.5 Å². The molecule has 2 atom stereocenters. The fourth-order valence-corrected chi connectivity index (χ4v) is 7.21. The lowest BCUT2D eigenvalue weighted by atomic mass is 10.0. The molecule has 2 fully saturated rings. The number of imide groups is 2. The van der Waals surface area contributed by atoms with Crippen LogP contribution in [0.4, 0.5) is 26.5 Å². The van der Waals surface area contributed by atoms with Crippen LogP contribution >= 0.6 is 0 Å². The van der Waals surface area contributed by atoms with Crippen molar-refractivity contribution in [2.45, 2.75) is 71.1 Å². The highest BCUT2D eigenvalue weighted by atomic mass is 19.1. The third-order valence-corrected chi connectivity index (χ3v) is 10.5. The fraction of sp³-hybridized carbons (Fsp3) is 0.410. The zero-order valence-electron chi connectivity index (χ0n) is 31.5. The summed E-state index contributed by atoms with van der Waals surface area (Å²) < 4.78 is 17.5. The summed E-state index contributed by atoms with van der Waals surface area (Å²) in [5.74, 6) is -2.09. The molecule has 0 bridgehead atoms. The Labute approximate surface area is 322 Å². The van der Waals surface area contributed by atoms with Crippen LogP contribution in [0.5, 0.6) is 0 Å². The predicted molar refractivity (Wildman–Crippen MR) is 205 cm³/mol. The number of aliphatic hydroxyl groups is 1. The molecule has 2 aromatic heterocycles. The number of amides is 6. The first-order valence-electron chi connectivity index (χ1n) is 18.9. The molecule has 5 N–H and O–H groups in total. The molecule has 294 valence electrons. The van der Waals surface area contributed by atoms with E-state index in [2.05, 4.69) is 40.2 Å². The molecule has 56 heavy (non-hydrogen) atoms. The minimum atomic E-state index is -1.17. The zero-order chi connectivity index (χ0) is 39.7. The van der Waals surface area contributed by atoms with Gasteiger partial charge in [0.15, 0.2) is 5.65 Å². The van der Waals surface area contributed by atoms with E-state index in [1.807, 2.05) is 48.4 Å². The molecule has 16 nitrogen and oxygen atoms in total. The van der Waals surface area contributed by atoms with E-state index in [4.69, 9.17) is 4.98 Å². The van der Waals surface area contributed by atoms with Gasteiger partial charge >= 0.3 is 6.03 Å². The first kappa shape index (κ1) is 38.3. The lowest BCUT2D eigenvalue weighted by Crippen LogP contribution is -2.54. The van der Waals surface area contributed by atoms with Crippen molar-refractivity contribution >= 4 is 52.6 Å². The zero-order valence-corrected chi connectivity index (χ0v) is 31.5. The molecular formula is C39H45FN10O6. The molecule has 0 spiro atoms. The molecule has 2 aromatic carbocycles. The van der Waals surface area contributed by atoms with E-state index in [1.165, 1.54) is 12.1 Å². The van der Waals surface area contributed by atoms with E-state index in [1.54, 1.807) is 9.42 Å². The molecular weight excluding hydrogens is 723 g/mol. The topological polar surface area (TPSA) is 194 Å². The van der Waals surface area contributed by atoms with Crippen molar-refractivity contribution in [3.8, 4) is 0 Å². The molecule has 2 unspecified atom stereocenters. The molecule has 3 aliphatic rings. The van der Waals surface area contributed by atoms with Crippen LogP contribution < -0.4 is 21.3 Å². The van der Waals surface area contributed by atoms with Crippen LogP contribution in [0, 0.1) is 5.82 Å². The number of carbonyl (C=O) groups is 5. The Kier molecular flexibility index (Phi) is 11.0. The van der Waals surface area contributed by atoms with E-state index in [0.29, 0.717) is 44.2 Å². The molecule has 0 saturated carbocycles. The van der Waals surface area contributed by atoms with Crippen LogP contribution in [-0.4, -0.2) is 109 Å². The Morgan fingerprint density at radius 1 is 1.04 bits per heavy atom. The Balaban J connectivity index is 0.924. The van der Waals surface area contributed by atoms with Gasteiger partial charge in [-0.1, -0.05) is 39.0 Å². The summed E-state index contributed by atoms with van der Waals surface area (Å²) in [4.78, 5) is 72.5. The highest BCUT2D eigenvalue weighted by Gasteiger charge is 2.46. The first-order chi connectivity index (χ1) is 26.9. The van der Waals surface area contributed by atoms with Gasteiger partial charge in [0.05, 0.1) is 30.0 Å². The monoisotopic (exact) mass is 768 g/mol. The van der Waals surface area contributed by atoms with Crippen molar-refractivity contribution < 1.29 is 33.5 Å². The molecule has 4 aromatic rings. The van der Waals surface area contributed by atoms with Gasteiger partial charge in [0.1, 0.15) is 23.5 Å². The molecule has 0 aliphatic carbocycles. The molecule has 3 aliphatic heterocycles. The maximum Gasteiger partial charge on any atom is 0.321 e. The number of nitrogens with zero attached hydrogens (tertiary/aromatic N) is 6. The second-order valence-electron chi connectivity index (χ2n) is 14.6. The van der Waals surface area contributed by atoms with E-state index in [-0.39, 0.29) is 60.7 Å². The SMILES string of the molecule is CCC(CO)Nc1cc(NCc2ccc(NC(=O)N3CCN(Cc4ccc5c(c4F)C(=O)N(C4CCC(=O)NC4=O)C5=O)CC3)cc2)n2ncc(C(C)C)c2n1. The Morgan fingerprint density at radius 2 is 1.79 bits per heavy atom. The fourth-order valence-electron chi connectivity index (χ4n) is 7.21. The average Bonchev–Trinajstić information content (AvgIpc) is 3.73. The van der Waals surface area contributed by atoms with Crippen LogP contribution in [0.2, 0.25) is 0 Å². The quantitative estimate of drug-likeness (QED) is 0.133. The lowest BCUT2D eigenvalue weighted by molar-refractivity contribution is -0.136. The van der Waals surface area contributed by atoms with Gasteiger partial charge in [0.25, 0.3) is 11.8 Å². The average molecular weight is 769 g/mol.